The van der Waals surface area contributed by atoms with E-state index in [2.05, 4.69) is 5.43 Å². The first-order valence-corrected chi connectivity index (χ1v) is 6.88. The van der Waals surface area contributed by atoms with Crippen LogP contribution in [-0.2, 0) is 11.2 Å². The van der Waals surface area contributed by atoms with Crippen molar-refractivity contribution in [3.63, 3.8) is 0 Å². The van der Waals surface area contributed by atoms with Crippen LogP contribution in [0.1, 0.15) is 19.4 Å². The van der Waals surface area contributed by atoms with E-state index >= 15 is 0 Å². The highest BCUT2D eigenvalue weighted by Gasteiger charge is 2.50. The van der Waals surface area contributed by atoms with Crippen LogP contribution in [0.25, 0.3) is 0 Å². The summed E-state index contributed by atoms with van der Waals surface area (Å²) in [5.41, 5.74) is 1.24. The van der Waals surface area contributed by atoms with Gasteiger partial charge in [0.1, 0.15) is 6.04 Å². The summed E-state index contributed by atoms with van der Waals surface area (Å²) in [6, 6.07) is 3.12. The molecule has 0 bridgehead atoms. The van der Waals surface area contributed by atoms with E-state index in [4.69, 9.17) is 0 Å². The van der Waals surface area contributed by atoms with E-state index in [0.29, 0.717) is 0 Å². The van der Waals surface area contributed by atoms with Crippen molar-refractivity contribution >= 4 is 11.6 Å². The number of nitrogens with one attached hydrogen (secondary N) is 1. The lowest BCUT2D eigenvalue weighted by molar-refractivity contribution is -0.384. The van der Waals surface area contributed by atoms with Gasteiger partial charge in [0.05, 0.1) is 10.3 Å². The summed E-state index contributed by atoms with van der Waals surface area (Å²) in [7, 11) is 0. The second kappa shape index (κ2) is 5.80. The number of hydrogen-bond donors (Lipinski definition) is 1. The van der Waals surface area contributed by atoms with Crippen LogP contribution in [0, 0.1) is 15.5 Å². The molecule has 1 heterocycles. The summed E-state index contributed by atoms with van der Waals surface area (Å²) in [5, 5.41) is 11.6. The van der Waals surface area contributed by atoms with Gasteiger partial charge in [-0.25, -0.2) is 5.01 Å². The number of amides is 1. The number of nitrogens with zero attached hydrogens (tertiary/aromatic N) is 2. The minimum absolute atomic E-state index is 0.0923. The van der Waals surface area contributed by atoms with Crippen LogP contribution in [0.15, 0.2) is 24.3 Å². The zero-order valence-corrected chi connectivity index (χ0v) is 12.6. The van der Waals surface area contributed by atoms with Gasteiger partial charge < -0.3 is 0 Å². The van der Waals surface area contributed by atoms with E-state index in [1.54, 1.807) is 13.8 Å². The van der Waals surface area contributed by atoms with Gasteiger partial charge >= 0.3 is 6.18 Å². The summed E-state index contributed by atoms with van der Waals surface area (Å²) < 4.78 is 40.1. The van der Waals surface area contributed by atoms with Crippen LogP contribution in [0.4, 0.5) is 18.9 Å². The van der Waals surface area contributed by atoms with Crippen molar-refractivity contribution in [2.45, 2.75) is 32.5 Å². The smallest absolute Gasteiger partial charge is 0.288 e. The molecular formula is C14H16F3N3O3. The molecule has 2 rings (SSSR count). The van der Waals surface area contributed by atoms with Gasteiger partial charge in [0.15, 0.2) is 0 Å². The molecule has 0 aromatic heterocycles. The van der Waals surface area contributed by atoms with Crippen molar-refractivity contribution in [1.82, 2.24) is 10.4 Å². The number of hydrazine groups is 1. The molecule has 1 aromatic rings. The molecule has 1 fully saturated rings. The van der Waals surface area contributed by atoms with Crippen LogP contribution in [0.3, 0.4) is 0 Å². The van der Waals surface area contributed by atoms with E-state index in [1.807, 2.05) is 0 Å². The highest BCUT2D eigenvalue weighted by Crippen LogP contribution is 2.33. The van der Waals surface area contributed by atoms with Crippen LogP contribution >= 0.6 is 0 Å². The molecule has 9 heteroatoms. The Morgan fingerprint density at radius 1 is 1.43 bits per heavy atom. The second-order valence-corrected chi connectivity index (χ2v) is 6.14. The number of carbonyl (C=O) groups is 1. The van der Waals surface area contributed by atoms with Gasteiger partial charge in [0.25, 0.3) is 5.69 Å². The topological polar surface area (TPSA) is 75.5 Å². The molecule has 1 amide bonds. The van der Waals surface area contributed by atoms with Crippen molar-refractivity contribution in [2.75, 3.05) is 6.54 Å². The highest BCUT2D eigenvalue weighted by atomic mass is 19.4. The molecule has 1 N–H and O–H groups in total. The van der Waals surface area contributed by atoms with Gasteiger partial charge in [-0.05, 0) is 25.8 Å². The molecule has 6 nitrogen and oxygen atoms in total. The maximum absolute atomic E-state index is 13.4. The molecular weight excluding hydrogens is 315 g/mol. The van der Waals surface area contributed by atoms with E-state index in [-0.39, 0.29) is 17.8 Å². The third-order valence-electron chi connectivity index (χ3n) is 3.73. The maximum Gasteiger partial charge on any atom is 0.406 e. The van der Waals surface area contributed by atoms with Gasteiger partial charge in [-0.15, -0.1) is 0 Å². The molecule has 0 spiro atoms. The van der Waals surface area contributed by atoms with Gasteiger partial charge in [-0.1, -0.05) is 12.1 Å². The molecule has 1 saturated heterocycles. The summed E-state index contributed by atoms with van der Waals surface area (Å²) in [5.74, 6) is -0.481. The van der Waals surface area contributed by atoms with Crippen molar-refractivity contribution in [1.29, 1.82) is 0 Å². The number of carbonyl (C=O) groups excluding carboxylic acids is 1. The first kappa shape index (κ1) is 17.2. The number of benzene rings is 1. The predicted octanol–water partition coefficient (Wildman–Crippen LogP) is 2.44. The van der Waals surface area contributed by atoms with Crippen molar-refractivity contribution in [2.24, 2.45) is 5.41 Å². The fourth-order valence-electron chi connectivity index (χ4n) is 2.43. The zero-order chi connectivity index (χ0) is 17.4. The SMILES string of the molecule is CC1(C)CN([C@@H](Cc2cccc([N+](=O)[O-])c2)C(F)(F)F)NC1=O. The largest absolute Gasteiger partial charge is 0.406 e. The number of hydrogen-bond acceptors (Lipinski definition) is 4. The molecule has 1 aliphatic heterocycles. The Balaban J connectivity index is 2.26. The Labute approximate surface area is 130 Å². The standard InChI is InChI=1S/C14H16F3N3O3/c1-13(2)8-19(18-12(13)21)11(14(15,16)17)7-9-4-3-5-10(6-9)20(22)23/h3-6,11H,7-8H2,1-2H3,(H,18,21)/t11-/m0/s1. The number of halogens is 3. The lowest BCUT2D eigenvalue weighted by Crippen LogP contribution is -2.51. The average molecular weight is 331 g/mol. The summed E-state index contributed by atoms with van der Waals surface area (Å²) >= 11 is 0. The average Bonchev–Trinajstić information content (AvgIpc) is 2.69. The first-order valence-electron chi connectivity index (χ1n) is 6.88. The minimum atomic E-state index is -4.58. The molecule has 23 heavy (non-hydrogen) atoms. The maximum atomic E-state index is 13.4. The number of non-ortho nitro benzene ring substituents is 1. The summed E-state index contributed by atoms with van der Waals surface area (Å²) in [6.07, 6.45) is -5.07. The number of nitro benzene ring substituents is 1. The highest BCUT2D eigenvalue weighted by molar-refractivity contribution is 5.83. The number of rotatable bonds is 4. The minimum Gasteiger partial charge on any atom is -0.288 e. The van der Waals surface area contributed by atoms with E-state index in [1.165, 1.54) is 18.2 Å². The third-order valence-corrected chi connectivity index (χ3v) is 3.73. The van der Waals surface area contributed by atoms with Crippen molar-refractivity contribution in [3.8, 4) is 0 Å². The lowest BCUT2D eigenvalue weighted by atomic mass is 9.94. The number of alkyl halides is 3. The van der Waals surface area contributed by atoms with Crippen LogP contribution < -0.4 is 5.43 Å². The van der Waals surface area contributed by atoms with Crippen LogP contribution in [-0.4, -0.2) is 34.6 Å². The Bertz CT molecular complexity index is 631. The fraction of sp³-hybridized carbons (Fsp3) is 0.500. The molecule has 0 radical (unpaired) electrons. The summed E-state index contributed by atoms with van der Waals surface area (Å²) in [4.78, 5) is 21.8. The third kappa shape index (κ3) is 3.79. The Kier molecular flexibility index (Phi) is 4.34. The zero-order valence-electron chi connectivity index (χ0n) is 12.6. The van der Waals surface area contributed by atoms with Crippen molar-refractivity contribution < 1.29 is 22.9 Å². The normalized spacial score (nSPS) is 19.4. The predicted molar refractivity (Wildman–Crippen MR) is 75.3 cm³/mol. The molecule has 0 unspecified atom stereocenters. The quantitative estimate of drug-likeness (QED) is 0.679. The lowest BCUT2D eigenvalue weighted by Gasteiger charge is -2.29. The van der Waals surface area contributed by atoms with E-state index in [9.17, 15) is 28.1 Å². The molecule has 1 aromatic carbocycles. The molecule has 1 atom stereocenters. The molecule has 1 aliphatic rings. The second-order valence-electron chi connectivity index (χ2n) is 6.14. The molecule has 126 valence electrons. The fourth-order valence-corrected chi connectivity index (χ4v) is 2.43. The molecule has 0 aliphatic carbocycles. The van der Waals surface area contributed by atoms with Crippen LogP contribution in [0.2, 0.25) is 0 Å². The van der Waals surface area contributed by atoms with Crippen LogP contribution in [0.5, 0.6) is 0 Å². The monoisotopic (exact) mass is 331 g/mol. The first-order chi connectivity index (χ1) is 10.5. The van der Waals surface area contributed by atoms with E-state index in [0.717, 1.165) is 11.1 Å². The van der Waals surface area contributed by atoms with Crippen molar-refractivity contribution in [3.05, 3.63) is 39.9 Å². The Morgan fingerprint density at radius 3 is 2.57 bits per heavy atom. The van der Waals surface area contributed by atoms with Gasteiger partial charge in [0.2, 0.25) is 5.91 Å². The van der Waals surface area contributed by atoms with Gasteiger partial charge in [-0.3, -0.25) is 20.3 Å². The number of nitro groups is 1. The van der Waals surface area contributed by atoms with Gasteiger partial charge in [-0.2, -0.15) is 13.2 Å². The summed E-state index contributed by atoms with van der Waals surface area (Å²) in [6.45, 7) is 3.02. The molecule has 0 saturated carbocycles. The van der Waals surface area contributed by atoms with Gasteiger partial charge in [0, 0.05) is 18.7 Å². The Morgan fingerprint density at radius 2 is 2.09 bits per heavy atom. The Hall–Kier alpha value is -2.16. The van der Waals surface area contributed by atoms with E-state index < -0.39 is 34.9 Å².